The summed E-state index contributed by atoms with van der Waals surface area (Å²) in [5.74, 6) is 0.833. The lowest BCUT2D eigenvalue weighted by molar-refractivity contribution is 0.813. The third-order valence-electron chi connectivity index (χ3n) is 4.73. The average molecular weight is 395 g/mol. The monoisotopic (exact) mass is 394 g/mol. The van der Waals surface area contributed by atoms with Crippen LogP contribution in [0.15, 0.2) is 102 Å². The highest BCUT2D eigenvalue weighted by atomic mass is 32.2. The van der Waals surface area contributed by atoms with E-state index in [1.54, 1.807) is 11.8 Å². The van der Waals surface area contributed by atoms with E-state index >= 15 is 0 Å². The zero-order valence-electron chi connectivity index (χ0n) is 15.6. The molecule has 5 rings (SSSR count). The van der Waals surface area contributed by atoms with Gasteiger partial charge in [0.05, 0.1) is 5.69 Å². The molecule has 2 aromatic heterocycles. The number of hydrogen-bond donors (Lipinski definition) is 0. The van der Waals surface area contributed by atoms with Crippen LogP contribution >= 0.6 is 11.8 Å². The number of hydrogen-bond acceptors (Lipinski definition) is 4. The van der Waals surface area contributed by atoms with Gasteiger partial charge in [-0.2, -0.15) is 9.61 Å². The van der Waals surface area contributed by atoms with Crippen molar-refractivity contribution in [2.24, 2.45) is 0 Å². The molecule has 0 radical (unpaired) electrons. The number of benzene rings is 3. The molecule has 0 spiro atoms. The predicted molar refractivity (Wildman–Crippen MR) is 118 cm³/mol. The van der Waals surface area contributed by atoms with E-state index in [-0.39, 0.29) is 0 Å². The molecule has 29 heavy (non-hydrogen) atoms. The largest absolute Gasteiger partial charge is 0.212 e. The summed E-state index contributed by atoms with van der Waals surface area (Å²) in [4.78, 5) is 0. The summed E-state index contributed by atoms with van der Waals surface area (Å²) >= 11 is 1.64. The second-order valence-electron chi connectivity index (χ2n) is 6.69. The molecule has 0 saturated carbocycles. The molecule has 140 valence electrons. The van der Waals surface area contributed by atoms with Crippen LogP contribution in [-0.4, -0.2) is 19.8 Å². The van der Waals surface area contributed by atoms with Gasteiger partial charge in [0.1, 0.15) is 0 Å². The first-order chi connectivity index (χ1) is 14.4. The fraction of sp³-hybridized carbons (Fsp3) is 0.0417. The minimum absolute atomic E-state index is 0.755. The van der Waals surface area contributed by atoms with Crippen molar-refractivity contribution in [3.8, 4) is 22.4 Å². The van der Waals surface area contributed by atoms with Crippen molar-refractivity contribution in [2.75, 3.05) is 0 Å². The van der Waals surface area contributed by atoms with Crippen LogP contribution in [0.1, 0.15) is 5.56 Å². The zero-order chi connectivity index (χ0) is 19.5. The van der Waals surface area contributed by atoms with Gasteiger partial charge >= 0.3 is 0 Å². The van der Waals surface area contributed by atoms with E-state index in [1.807, 2.05) is 40.9 Å². The molecule has 0 fully saturated rings. The minimum Gasteiger partial charge on any atom is -0.187 e. The standard InChI is InChI=1S/C24H18N4S/c1-3-7-18(8-4-1)17-29-24-26-25-23-16-15-22(27-28(23)24)21-13-11-20(12-14-21)19-9-5-2-6-10-19/h1-16H,17H2. The molecule has 0 unspecified atom stereocenters. The third kappa shape index (κ3) is 3.77. The summed E-state index contributed by atoms with van der Waals surface area (Å²) in [5, 5.41) is 14.2. The summed E-state index contributed by atoms with van der Waals surface area (Å²) in [6.45, 7) is 0. The topological polar surface area (TPSA) is 43.1 Å². The number of thioether (sulfide) groups is 1. The Labute approximate surface area is 173 Å². The Balaban J connectivity index is 1.42. The van der Waals surface area contributed by atoms with Crippen LogP contribution in [0.3, 0.4) is 0 Å². The summed E-state index contributed by atoms with van der Waals surface area (Å²) in [5.41, 5.74) is 6.38. The van der Waals surface area contributed by atoms with Crippen molar-refractivity contribution < 1.29 is 0 Å². The SMILES string of the molecule is c1ccc(CSc2nnc3ccc(-c4ccc(-c5ccccc5)cc4)nn23)cc1. The van der Waals surface area contributed by atoms with Crippen LogP contribution in [0.5, 0.6) is 0 Å². The van der Waals surface area contributed by atoms with Crippen molar-refractivity contribution in [1.29, 1.82) is 0 Å². The van der Waals surface area contributed by atoms with Crippen LogP contribution in [-0.2, 0) is 5.75 Å². The van der Waals surface area contributed by atoms with Crippen LogP contribution in [0.2, 0.25) is 0 Å². The molecule has 4 nitrogen and oxygen atoms in total. The van der Waals surface area contributed by atoms with Gasteiger partial charge in [0.25, 0.3) is 0 Å². The fourth-order valence-electron chi connectivity index (χ4n) is 3.20. The van der Waals surface area contributed by atoms with Gasteiger partial charge in [0.2, 0.25) is 5.16 Å². The molecule has 0 saturated heterocycles. The Morgan fingerprint density at radius 3 is 2.03 bits per heavy atom. The van der Waals surface area contributed by atoms with E-state index in [0.717, 1.165) is 27.8 Å². The first-order valence-corrected chi connectivity index (χ1v) is 10.4. The Kier molecular flexibility index (Phi) is 4.80. The highest BCUT2D eigenvalue weighted by Gasteiger charge is 2.10. The van der Waals surface area contributed by atoms with E-state index < -0.39 is 0 Å². The van der Waals surface area contributed by atoms with Gasteiger partial charge in [-0.3, -0.25) is 0 Å². The molecule has 0 aliphatic heterocycles. The maximum absolute atomic E-state index is 4.79. The van der Waals surface area contributed by atoms with Gasteiger partial charge < -0.3 is 0 Å². The lowest BCUT2D eigenvalue weighted by atomic mass is 10.0. The smallest absolute Gasteiger partial charge is 0.187 e. The average Bonchev–Trinajstić information content (AvgIpc) is 3.21. The molecule has 0 aliphatic carbocycles. The predicted octanol–water partition coefficient (Wildman–Crippen LogP) is 5.75. The molecular weight excluding hydrogens is 376 g/mol. The van der Waals surface area contributed by atoms with Crippen LogP contribution in [0.4, 0.5) is 0 Å². The Hall–Kier alpha value is -3.44. The highest BCUT2D eigenvalue weighted by Crippen LogP contribution is 2.25. The summed E-state index contributed by atoms with van der Waals surface area (Å²) in [6.07, 6.45) is 0. The Bertz CT molecular complexity index is 1230. The van der Waals surface area contributed by atoms with E-state index in [4.69, 9.17) is 5.10 Å². The quantitative estimate of drug-likeness (QED) is 0.356. The number of rotatable bonds is 5. The minimum atomic E-state index is 0.755. The van der Waals surface area contributed by atoms with Gasteiger partial charge in [-0.25, -0.2) is 0 Å². The molecule has 3 aromatic carbocycles. The van der Waals surface area contributed by atoms with Crippen molar-refractivity contribution in [3.05, 3.63) is 103 Å². The van der Waals surface area contributed by atoms with Crippen LogP contribution < -0.4 is 0 Å². The molecular formula is C24H18N4S. The molecule has 0 amide bonds. The van der Waals surface area contributed by atoms with Gasteiger partial charge in [-0.05, 0) is 28.8 Å². The summed E-state index contributed by atoms with van der Waals surface area (Å²) < 4.78 is 1.83. The first-order valence-electron chi connectivity index (χ1n) is 9.42. The molecule has 5 heteroatoms. The second-order valence-corrected chi connectivity index (χ2v) is 7.63. The van der Waals surface area contributed by atoms with E-state index in [1.165, 1.54) is 16.7 Å². The lowest BCUT2D eigenvalue weighted by Crippen LogP contribution is -1.96. The van der Waals surface area contributed by atoms with E-state index in [0.29, 0.717) is 0 Å². The van der Waals surface area contributed by atoms with E-state index in [9.17, 15) is 0 Å². The van der Waals surface area contributed by atoms with Gasteiger partial charge in [0, 0.05) is 11.3 Å². The highest BCUT2D eigenvalue weighted by molar-refractivity contribution is 7.98. The third-order valence-corrected chi connectivity index (χ3v) is 5.72. The van der Waals surface area contributed by atoms with E-state index in [2.05, 4.69) is 70.9 Å². The summed E-state index contributed by atoms with van der Waals surface area (Å²) in [6, 6.07) is 33.2. The van der Waals surface area contributed by atoms with Gasteiger partial charge in [-0.15, -0.1) is 10.2 Å². The zero-order valence-corrected chi connectivity index (χ0v) is 16.5. The molecule has 0 atom stereocenters. The molecule has 0 N–H and O–H groups in total. The maximum atomic E-state index is 4.79. The first kappa shape index (κ1) is 17.6. The second kappa shape index (κ2) is 7.89. The lowest BCUT2D eigenvalue weighted by Gasteiger charge is -2.05. The molecule has 2 heterocycles. The van der Waals surface area contributed by atoms with Crippen molar-refractivity contribution in [2.45, 2.75) is 10.9 Å². The van der Waals surface area contributed by atoms with Crippen molar-refractivity contribution in [3.63, 3.8) is 0 Å². The summed E-state index contributed by atoms with van der Waals surface area (Å²) in [7, 11) is 0. The fourth-order valence-corrected chi connectivity index (χ4v) is 4.04. The normalized spacial score (nSPS) is 11.0. The van der Waals surface area contributed by atoms with Crippen LogP contribution in [0.25, 0.3) is 28.0 Å². The van der Waals surface area contributed by atoms with Gasteiger partial charge in [0.15, 0.2) is 5.65 Å². The van der Waals surface area contributed by atoms with Gasteiger partial charge in [-0.1, -0.05) is 96.7 Å². The molecule has 0 bridgehead atoms. The molecule has 0 aliphatic rings. The number of nitrogens with zero attached hydrogens (tertiary/aromatic N) is 4. The number of fused-ring (bicyclic) bond motifs is 1. The number of aromatic nitrogens is 4. The van der Waals surface area contributed by atoms with Crippen molar-refractivity contribution >= 4 is 17.4 Å². The maximum Gasteiger partial charge on any atom is 0.212 e. The Morgan fingerprint density at radius 1 is 0.621 bits per heavy atom. The van der Waals surface area contributed by atoms with Crippen molar-refractivity contribution in [1.82, 2.24) is 19.8 Å². The van der Waals surface area contributed by atoms with Crippen LogP contribution in [0, 0.1) is 0 Å². The Morgan fingerprint density at radius 2 is 1.28 bits per heavy atom. The molecule has 5 aromatic rings.